The molecule has 23 heavy (non-hydrogen) atoms. The van der Waals surface area contributed by atoms with Gasteiger partial charge in [-0.1, -0.05) is 23.7 Å². The van der Waals surface area contributed by atoms with E-state index in [1.165, 1.54) is 6.26 Å². The molecule has 5 nitrogen and oxygen atoms in total. The van der Waals surface area contributed by atoms with Gasteiger partial charge in [-0.2, -0.15) is 0 Å². The molecule has 0 aliphatic carbocycles. The Hall–Kier alpha value is -1.92. The second-order valence-electron chi connectivity index (χ2n) is 5.52. The van der Waals surface area contributed by atoms with Gasteiger partial charge in [-0.15, -0.1) is 0 Å². The number of carbonyl (C=O) groups excluding carboxylic acids is 1. The normalized spacial score (nSPS) is 14.7. The molecular weight excluding hydrogens is 336 g/mol. The number of hydrogen-bond donors (Lipinski definition) is 0. The standard InChI is InChI=1S/C16H15ClN2O3S/c1-23(21,22)12-4-2-11(3-5-12)10-19-9-8-14-13(16(19)20)6-7-15(17)18-14/h2-7H,8-10H2,1H3. The largest absolute Gasteiger partial charge is 0.334 e. The fourth-order valence-corrected chi connectivity index (χ4v) is 3.38. The van der Waals surface area contributed by atoms with Gasteiger partial charge in [0.1, 0.15) is 5.15 Å². The lowest BCUT2D eigenvalue weighted by Gasteiger charge is -2.28. The number of halogens is 1. The maximum atomic E-state index is 12.5. The number of rotatable bonds is 3. The van der Waals surface area contributed by atoms with E-state index in [1.807, 2.05) is 0 Å². The number of pyridine rings is 1. The zero-order valence-electron chi connectivity index (χ0n) is 12.5. The van der Waals surface area contributed by atoms with Gasteiger partial charge in [-0.3, -0.25) is 4.79 Å². The summed E-state index contributed by atoms with van der Waals surface area (Å²) in [6.07, 6.45) is 1.83. The third-order valence-corrected chi connectivity index (χ3v) is 5.14. The molecule has 0 unspecified atom stereocenters. The molecule has 1 amide bonds. The molecule has 0 radical (unpaired) electrons. The van der Waals surface area contributed by atoms with Crippen LogP contribution >= 0.6 is 11.6 Å². The molecule has 0 saturated carbocycles. The van der Waals surface area contributed by atoms with E-state index in [0.29, 0.717) is 30.2 Å². The van der Waals surface area contributed by atoms with Crippen molar-refractivity contribution in [1.29, 1.82) is 0 Å². The van der Waals surface area contributed by atoms with E-state index in [9.17, 15) is 13.2 Å². The van der Waals surface area contributed by atoms with Gasteiger partial charge in [0.15, 0.2) is 9.84 Å². The molecule has 1 aromatic carbocycles. The number of fused-ring (bicyclic) bond motifs is 1. The SMILES string of the molecule is CS(=O)(=O)c1ccc(CN2CCc3nc(Cl)ccc3C2=O)cc1. The quantitative estimate of drug-likeness (QED) is 0.797. The molecule has 2 aromatic rings. The van der Waals surface area contributed by atoms with Crippen LogP contribution in [-0.2, 0) is 22.8 Å². The third-order valence-electron chi connectivity index (χ3n) is 3.80. The van der Waals surface area contributed by atoms with Gasteiger partial charge in [-0.25, -0.2) is 13.4 Å². The first-order valence-corrected chi connectivity index (χ1v) is 9.35. The zero-order chi connectivity index (χ0) is 16.6. The third kappa shape index (κ3) is 3.38. The summed E-state index contributed by atoms with van der Waals surface area (Å²) in [5.41, 5.74) is 2.19. The van der Waals surface area contributed by atoms with Crippen molar-refractivity contribution in [1.82, 2.24) is 9.88 Å². The van der Waals surface area contributed by atoms with E-state index >= 15 is 0 Å². The minimum absolute atomic E-state index is 0.0809. The average Bonchev–Trinajstić information content (AvgIpc) is 2.50. The molecule has 120 valence electrons. The van der Waals surface area contributed by atoms with E-state index in [-0.39, 0.29) is 10.8 Å². The molecule has 1 aromatic heterocycles. The molecule has 0 bridgehead atoms. The smallest absolute Gasteiger partial charge is 0.256 e. The first-order valence-electron chi connectivity index (χ1n) is 7.08. The van der Waals surface area contributed by atoms with E-state index in [0.717, 1.165) is 11.3 Å². The fraction of sp³-hybridized carbons (Fsp3) is 0.250. The number of sulfone groups is 1. The van der Waals surface area contributed by atoms with Gasteiger partial charge in [0.2, 0.25) is 0 Å². The maximum Gasteiger partial charge on any atom is 0.256 e. The van der Waals surface area contributed by atoms with Crippen molar-refractivity contribution < 1.29 is 13.2 Å². The summed E-state index contributed by atoms with van der Waals surface area (Å²) in [6.45, 7) is 0.998. The molecule has 2 heterocycles. The molecule has 1 aliphatic heterocycles. The van der Waals surface area contributed by atoms with E-state index < -0.39 is 9.84 Å². The van der Waals surface area contributed by atoms with Crippen LogP contribution in [0.3, 0.4) is 0 Å². The van der Waals surface area contributed by atoms with Crippen LogP contribution in [0.4, 0.5) is 0 Å². The van der Waals surface area contributed by atoms with Gasteiger partial charge >= 0.3 is 0 Å². The Balaban J connectivity index is 1.79. The summed E-state index contributed by atoms with van der Waals surface area (Å²) < 4.78 is 22.9. The first-order chi connectivity index (χ1) is 10.8. The Kier molecular flexibility index (Phi) is 4.12. The van der Waals surface area contributed by atoms with Crippen molar-refractivity contribution in [2.24, 2.45) is 0 Å². The predicted molar refractivity (Wildman–Crippen MR) is 87.2 cm³/mol. The summed E-state index contributed by atoms with van der Waals surface area (Å²) in [6, 6.07) is 9.91. The Morgan fingerprint density at radius 3 is 2.52 bits per heavy atom. The second kappa shape index (κ2) is 5.94. The molecule has 1 aliphatic rings. The molecule has 0 N–H and O–H groups in total. The number of carbonyl (C=O) groups is 1. The monoisotopic (exact) mass is 350 g/mol. The van der Waals surface area contributed by atoms with E-state index in [4.69, 9.17) is 11.6 Å². The van der Waals surface area contributed by atoms with Crippen LogP contribution in [0.1, 0.15) is 21.6 Å². The van der Waals surface area contributed by atoms with Crippen molar-refractivity contribution >= 4 is 27.3 Å². The first kappa shape index (κ1) is 16.0. The highest BCUT2D eigenvalue weighted by molar-refractivity contribution is 7.90. The number of amides is 1. The average molecular weight is 351 g/mol. The lowest BCUT2D eigenvalue weighted by Crippen LogP contribution is -2.37. The van der Waals surface area contributed by atoms with Gasteiger partial charge < -0.3 is 4.90 Å². The van der Waals surface area contributed by atoms with Crippen LogP contribution < -0.4 is 0 Å². The highest BCUT2D eigenvalue weighted by Gasteiger charge is 2.25. The zero-order valence-corrected chi connectivity index (χ0v) is 14.1. The highest BCUT2D eigenvalue weighted by atomic mass is 35.5. The summed E-state index contributed by atoms with van der Waals surface area (Å²) in [7, 11) is -3.21. The lowest BCUT2D eigenvalue weighted by atomic mass is 10.0. The van der Waals surface area contributed by atoms with Gasteiger partial charge in [0.05, 0.1) is 16.2 Å². The number of aromatic nitrogens is 1. The van der Waals surface area contributed by atoms with Crippen molar-refractivity contribution in [2.45, 2.75) is 17.9 Å². The molecule has 3 rings (SSSR count). The highest BCUT2D eigenvalue weighted by Crippen LogP contribution is 2.21. The molecule has 0 saturated heterocycles. The second-order valence-corrected chi connectivity index (χ2v) is 7.92. The van der Waals surface area contributed by atoms with Crippen molar-refractivity contribution in [3.05, 3.63) is 58.4 Å². The Labute approximate surface area is 139 Å². The summed E-state index contributed by atoms with van der Waals surface area (Å²) in [5, 5.41) is 0.390. The summed E-state index contributed by atoms with van der Waals surface area (Å²) >= 11 is 5.86. The summed E-state index contributed by atoms with van der Waals surface area (Å²) in [4.78, 5) is 18.7. The molecule has 0 spiro atoms. The van der Waals surface area contributed by atoms with Crippen LogP contribution in [0, 0.1) is 0 Å². The Bertz CT molecular complexity index is 863. The number of benzene rings is 1. The number of hydrogen-bond acceptors (Lipinski definition) is 4. The molecule has 7 heteroatoms. The minimum atomic E-state index is -3.21. The number of nitrogens with zero attached hydrogens (tertiary/aromatic N) is 2. The van der Waals surface area contributed by atoms with Crippen molar-refractivity contribution in [3.63, 3.8) is 0 Å². The van der Waals surface area contributed by atoms with Gasteiger partial charge in [0, 0.05) is 25.8 Å². The van der Waals surface area contributed by atoms with Gasteiger partial charge in [0.25, 0.3) is 5.91 Å². The fourth-order valence-electron chi connectivity index (χ4n) is 2.59. The summed E-state index contributed by atoms with van der Waals surface area (Å²) in [5.74, 6) is -0.0809. The van der Waals surface area contributed by atoms with Crippen LogP contribution in [-0.4, -0.2) is 37.0 Å². The van der Waals surface area contributed by atoms with Crippen molar-refractivity contribution in [3.8, 4) is 0 Å². The van der Waals surface area contributed by atoms with Crippen molar-refractivity contribution in [2.75, 3.05) is 12.8 Å². The molecule has 0 fully saturated rings. The van der Waals surface area contributed by atoms with Crippen LogP contribution in [0.2, 0.25) is 5.15 Å². The predicted octanol–water partition coefficient (Wildman–Crippen LogP) is 2.34. The Morgan fingerprint density at radius 1 is 1.17 bits per heavy atom. The van der Waals surface area contributed by atoms with Crippen LogP contribution in [0.25, 0.3) is 0 Å². The maximum absolute atomic E-state index is 12.5. The van der Waals surface area contributed by atoms with Gasteiger partial charge in [-0.05, 0) is 29.8 Å². The minimum Gasteiger partial charge on any atom is -0.334 e. The molecule has 0 atom stereocenters. The van der Waals surface area contributed by atoms with Crippen LogP contribution in [0.5, 0.6) is 0 Å². The topological polar surface area (TPSA) is 67.3 Å². The molecular formula is C16H15ClN2O3S. The Morgan fingerprint density at radius 2 is 1.87 bits per heavy atom. The van der Waals surface area contributed by atoms with E-state index in [1.54, 1.807) is 41.3 Å². The van der Waals surface area contributed by atoms with E-state index in [2.05, 4.69) is 4.98 Å². The van der Waals surface area contributed by atoms with Crippen LogP contribution in [0.15, 0.2) is 41.3 Å². The lowest BCUT2D eigenvalue weighted by molar-refractivity contribution is 0.0725.